The standard InChI is InChI=1S/C34H40BrN3O6S/c1-45(41,42)38(29-17-18-31-32(23-29)44-21-20-43-31)19-7-12-33(39)37(24-26-13-15-27(35)16-14-26)30(22-25-8-3-2-4-9-25)34(40)36-28-10-5-6-11-28/h2-4,8-9,13-18,23,28,30H,5-7,10-12,19-22,24H2,1H3,(H,36,40)/t30-/m1/s1. The van der Waals surface area contributed by atoms with Crippen molar-refractivity contribution in [2.45, 2.75) is 63.6 Å². The van der Waals surface area contributed by atoms with Crippen molar-refractivity contribution in [1.82, 2.24) is 10.2 Å². The zero-order valence-electron chi connectivity index (χ0n) is 25.5. The van der Waals surface area contributed by atoms with E-state index in [9.17, 15) is 18.0 Å². The maximum Gasteiger partial charge on any atom is 0.243 e. The number of hydrogen-bond acceptors (Lipinski definition) is 6. The summed E-state index contributed by atoms with van der Waals surface area (Å²) in [5.41, 5.74) is 2.30. The van der Waals surface area contributed by atoms with Crippen LogP contribution in [0.1, 0.15) is 49.7 Å². The first-order valence-electron chi connectivity index (χ1n) is 15.4. The Morgan fingerprint density at radius 1 is 0.933 bits per heavy atom. The minimum Gasteiger partial charge on any atom is -0.486 e. The molecule has 0 radical (unpaired) electrons. The van der Waals surface area contributed by atoms with E-state index >= 15 is 0 Å². The van der Waals surface area contributed by atoms with Crippen LogP contribution in [0, 0.1) is 0 Å². The van der Waals surface area contributed by atoms with Crippen LogP contribution in [0.4, 0.5) is 5.69 Å². The Labute approximate surface area is 274 Å². The van der Waals surface area contributed by atoms with E-state index in [1.54, 1.807) is 23.1 Å². The molecule has 0 bridgehead atoms. The van der Waals surface area contributed by atoms with Crippen molar-refractivity contribution in [2.24, 2.45) is 0 Å². The lowest BCUT2D eigenvalue weighted by Crippen LogP contribution is -2.52. The van der Waals surface area contributed by atoms with Crippen LogP contribution in [0.15, 0.2) is 77.3 Å². The second kappa shape index (κ2) is 15.1. The van der Waals surface area contributed by atoms with Crippen molar-refractivity contribution in [1.29, 1.82) is 0 Å². The Bertz CT molecular complexity index is 1560. The first-order valence-corrected chi connectivity index (χ1v) is 18.1. The van der Waals surface area contributed by atoms with Gasteiger partial charge in [-0.2, -0.15) is 0 Å². The number of hydrogen-bond donors (Lipinski definition) is 1. The van der Waals surface area contributed by atoms with Crippen LogP contribution < -0.4 is 19.1 Å². The van der Waals surface area contributed by atoms with Gasteiger partial charge in [-0.1, -0.05) is 71.2 Å². The third-order valence-corrected chi connectivity index (χ3v) is 9.93. The molecule has 11 heteroatoms. The summed E-state index contributed by atoms with van der Waals surface area (Å²) in [6.45, 7) is 1.16. The summed E-state index contributed by atoms with van der Waals surface area (Å²) >= 11 is 3.48. The molecular weight excluding hydrogens is 658 g/mol. The molecular formula is C34H40BrN3O6S. The van der Waals surface area contributed by atoms with Gasteiger partial charge in [0.1, 0.15) is 19.3 Å². The summed E-state index contributed by atoms with van der Waals surface area (Å²) < 4.78 is 39.1. The third-order valence-electron chi connectivity index (χ3n) is 8.20. The highest BCUT2D eigenvalue weighted by Gasteiger charge is 2.32. The van der Waals surface area contributed by atoms with Crippen LogP contribution in [0.5, 0.6) is 11.5 Å². The number of nitrogens with zero attached hydrogens (tertiary/aromatic N) is 2. The Morgan fingerprint density at radius 3 is 2.31 bits per heavy atom. The normalized spacial score (nSPS) is 15.3. The van der Waals surface area contributed by atoms with E-state index in [4.69, 9.17) is 9.47 Å². The Morgan fingerprint density at radius 2 is 1.62 bits per heavy atom. The number of anilines is 1. The lowest BCUT2D eigenvalue weighted by molar-refractivity contribution is -0.141. The molecule has 3 aromatic rings. The number of carbonyl (C=O) groups excluding carboxylic acids is 2. The number of amides is 2. The molecule has 2 amide bonds. The maximum absolute atomic E-state index is 14.1. The highest BCUT2D eigenvalue weighted by molar-refractivity contribution is 9.10. The predicted molar refractivity (Wildman–Crippen MR) is 178 cm³/mol. The molecule has 1 atom stereocenters. The number of carbonyl (C=O) groups is 2. The van der Waals surface area contributed by atoms with E-state index in [1.165, 1.54) is 4.31 Å². The van der Waals surface area contributed by atoms with Gasteiger partial charge < -0.3 is 19.7 Å². The molecule has 45 heavy (non-hydrogen) atoms. The molecule has 9 nitrogen and oxygen atoms in total. The average molecular weight is 699 g/mol. The lowest BCUT2D eigenvalue weighted by Gasteiger charge is -2.33. The fourth-order valence-corrected chi connectivity index (χ4v) is 7.12. The molecule has 1 heterocycles. The van der Waals surface area contributed by atoms with Gasteiger partial charge in [-0.25, -0.2) is 8.42 Å². The molecule has 0 saturated heterocycles. The molecule has 1 saturated carbocycles. The molecule has 2 aliphatic rings. The number of ether oxygens (including phenoxy) is 2. The highest BCUT2D eigenvalue weighted by atomic mass is 79.9. The van der Waals surface area contributed by atoms with Gasteiger partial charge in [-0.15, -0.1) is 0 Å². The Hall–Kier alpha value is -3.57. The van der Waals surface area contributed by atoms with Gasteiger partial charge in [0.05, 0.1) is 11.9 Å². The van der Waals surface area contributed by atoms with Gasteiger partial charge in [0, 0.05) is 42.5 Å². The first-order chi connectivity index (χ1) is 21.7. The number of fused-ring (bicyclic) bond motifs is 1. The summed E-state index contributed by atoms with van der Waals surface area (Å²) in [5, 5.41) is 3.22. The van der Waals surface area contributed by atoms with Gasteiger partial charge in [0.15, 0.2) is 11.5 Å². The van der Waals surface area contributed by atoms with Crippen LogP contribution in [0.25, 0.3) is 0 Å². The van der Waals surface area contributed by atoms with Crippen molar-refractivity contribution >= 4 is 43.5 Å². The molecule has 0 unspecified atom stereocenters. The molecule has 1 aliphatic carbocycles. The van der Waals surface area contributed by atoms with E-state index < -0.39 is 16.1 Å². The second-order valence-corrected chi connectivity index (χ2v) is 14.4. The summed E-state index contributed by atoms with van der Waals surface area (Å²) in [4.78, 5) is 29.6. The van der Waals surface area contributed by atoms with Gasteiger partial charge >= 0.3 is 0 Å². The minimum atomic E-state index is -3.66. The van der Waals surface area contributed by atoms with Crippen molar-refractivity contribution in [3.8, 4) is 11.5 Å². The summed E-state index contributed by atoms with van der Waals surface area (Å²) in [7, 11) is -3.66. The third kappa shape index (κ3) is 9.00. The van der Waals surface area contributed by atoms with Crippen LogP contribution in [0.3, 0.4) is 0 Å². The lowest BCUT2D eigenvalue weighted by atomic mass is 10.0. The molecule has 1 N–H and O–H groups in total. The largest absolute Gasteiger partial charge is 0.486 e. The number of rotatable bonds is 13. The first kappa shape index (κ1) is 32.8. The molecule has 240 valence electrons. The van der Waals surface area contributed by atoms with Crippen molar-refractivity contribution in [3.63, 3.8) is 0 Å². The zero-order valence-corrected chi connectivity index (χ0v) is 27.9. The molecule has 3 aromatic carbocycles. The zero-order chi connectivity index (χ0) is 31.8. The topological polar surface area (TPSA) is 105 Å². The van der Waals surface area contributed by atoms with E-state index in [1.807, 2.05) is 54.6 Å². The number of halogens is 1. The minimum absolute atomic E-state index is 0.0646. The number of benzene rings is 3. The van der Waals surface area contributed by atoms with E-state index in [2.05, 4.69) is 21.2 Å². The van der Waals surface area contributed by atoms with Crippen molar-refractivity contribution in [2.75, 3.05) is 30.3 Å². The fourth-order valence-electron chi connectivity index (χ4n) is 5.90. The SMILES string of the molecule is CS(=O)(=O)N(CCCC(=O)N(Cc1ccc(Br)cc1)[C@H](Cc1ccccc1)C(=O)NC1CCCC1)c1ccc2c(c1)OCCO2. The summed E-state index contributed by atoms with van der Waals surface area (Å²) in [6.07, 6.45) is 5.88. The Balaban J connectivity index is 1.37. The van der Waals surface area contributed by atoms with Crippen LogP contribution in [-0.2, 0) is 32.6 Å². The van der Waals surface area contributed by atoms with Crippen LogP contribution >= 0.6 is 15.9 Å². The quantitative estimate of drug-likeness (QED) is 0.254. The molecule has 0 spiro atoms. The van der Waals surface area contributed by atoms with Gasteiger partial charge in [0.2, 0.25) is 21.8 Å². The van der Waals surface area contributed by atoms with E-state index in [0.29, 0.717) is 36.8 Å². The summed E-state index contributed by atoms with van der Waals surface area (Å²) in [6, 6.07) is 21.8. The molecule has 1 fully saturated rings. The van der Waals surface area contributed by atoms with Gasteiger partial charge in [-0.05, 0) is 54.7 Å². The predicted octanol–water partition coefficient (Wildman–Crippen LogP) is 5.47. The Kier molecular flexibility index (Phi) is 11.0. The smallest absolute Gasteiger partial charge is 0.243 e. The van der Waals surface area contributed by atoms with Gasteiger partial charge in [-0.3, -0.25) is 13.9 Å². The van der Waals surface area contributed by atoms with Crippen LogP contribution in [0.2, 0.25) is 0 Å². The van der Waals surface area contributed by atoms with E-state index in [0.717, 1.165) is 47.5 Å². The maximum atomic E-state index is 14.1. The van der Waals surface area contributed by atoms with Crippen molar-refractivity contribution in [3.05, 3.63) is 88.4 Å². The molecule has 5 rings (SSSR count). The molecule has 0 aromatic heterocycles. The van der Waals surface area contributed by atoms with Crippen molar-refractivity contribution < 1.29 is 27.5 Å². The molecule has 1 aliphatic heterocycles. The monoisotopic (exact) mass is 697 g/mol. The second-order valence-electron chi connectivity index (χ2n) is 11.6. The highest BCUT2D eigenvalue weighted by Crippen LogP contribution is 2.35. The van der Waals surface area contributed by atoms with E-state index in [-0.39, 0.29) is 43.8 Å². The fraction of sp³-hybridized carbons (Fsp3) is 0.412. The number of sulfonamides is 1. The average Bonchev–Trinajstić information content (AvgIpc) is 3.54. The van der Waals surface area contributed by atoms with Crippen LogP contribution in [-0.4, -0.2) is 63.2 Å². The number of nitrogens with one attached hydrogen (secondary N) is 1. The summed E-state index contributed by atoms with van der Waals surface area (Å²) in [5.74, 6) is 0.681. The van der Waals surface area contributed by atoms with Gasteiger partial charge in [0.25, 0.3) is 0 Å².